The summed E-state index contributed by atoms with van der Waals surface area (Å²) in [6.07, 6.45) is 0. The summed E-state index contributed by atoms with van der Waals surface area (Å²) in [6.45, 7) is 7.31. The molecule has 0 saturated carbocycles. The minimum Gasteiger partial charge on any atom is -0.507 e. The maximum absolute atomic E-state index is 10.9. The summed E-state index contributed by atoms with van der Waals surface area (Å²) in [5.74, 6) is 1.58. The molecule has 3 N–H and O–H groups in total. The summed E-state index contributed by atoms with van der Waals surface area (Å²) in [5.41, 5.74) is 4.66. The molecule has 0 amide bonds. The highest BCUT2D eigenvalue weighted by molar-refractivity contribution is 5.84. The number of aryl methyl sites for hydroxylation is 3. The molecule has 5 heteroatoms. The van der Waals surface area contributed by atoms with E-state index in [1.807, 2.05) is 88.4 Å². The smallest absolute Gasteiger partial charge is 0.142 e. The molecule has 0 aliphatic rings. The number of phenolic OH excluding ortho intramolecular Hbond substituents is 3. The van der Waals surface area contributed by atoms with Crippen molar-refractivity contribution < 1.29 is 20.1 Å². The van der Waals surface area contributed by atoms with Gasteiger partial charge in [-0.2, -0.15) is 0 Å². The van der Waals surface area contributed by atoms with Crippen LogP contribution >= 0.6 is 0 Å². The Morgan fingerprint density at radius 1 is 0.606 bits per heavy atom. The van der Waals surface area contributed by atoms with Crippen molar-refractivity contribution in [2.24, 2.45) is 0 Å². The first-order valence-corrected chi connectivity index (χ1v) is 10.7. The molecule has 0 radical (unpaired) electrons. The van der Waals surface area contributed by atoms with Gasteiger partial charge in [0.1, 0.15) is 28.7 Å². The predicted octanol–water partition coefficient (Wildman–Crippen LogP) is 7.30. The average molecular weight is 442 g/mol. The van der Waals surface area contributed by atoms with Crippen LogP contribution in [-0.2, 0) is 0 Å². The van der Waals surface area contributed by atoms with Crippen LogP contribution in [0.3, 0.4) is 0 Å². The summed E-state index contributed by atoms with van der Waals surface area (Å²) in [4.78, 5) is 1.80. The fourth-order valence-corrected chi connectivity index (χ4v) is 3.80. The van der Waals surface area contributed by atoms with E-state index in [0.29, 0.717) is 34.1 Å². The van der Waals surface area contributed by atoms with E-state index >= 15 is 0 Å². The van der Waals surface area contributed by atoms with Gasteiger partial charge in [-0.3, -0.25) is 0 Å². The molecule has 0 unspecified atom stereocenters. The van der Waals surface area contributed by atoms with Gasteiger partial charge in [-0.05, 0) is 74.7 Å². The second-order valence-corrected chi connectivity index (χ2v) is 8.17. The zero-order valence-electron chi connectivity index (χ0n) is 19.1. The maximum atomic E-state index is 10.9. The molecule has 168 valence electrons. The largest absolute Gasteiger partial charge is 0.507 e. The molecule has 0 aliphatic carbocycles. The highest BCUT2D eigenvalue weighted by Gasteiger charge is 2.21. The van der Waals surface area contributed by atoms with Crippen molar-refractivity contribution in [3.63, 3.8) is 0 Å². The summed E-state index contributed by atoms with van der Waals surface area (Å²) in [7, 11) is 0. The Labute approximate surface area is 193 Å². The standard InChI is InChI=1S/C28H27NO4/c1-17-8-5-12-23(27(17)31)29(24-13-6-9-18(2)28(24)32)21-10-7-11-22(16-21)33-25-15-14-19(3)26(30)20(25)4/h5-16,30-32H,1-4H3. The van der Waals surface area contributed by atoms with Gasteiger partial charge in [0, 0.05) is 11.6 Å². The number of para-hydroxylation sites is 2. The van der Waals surface area contributed by atoms with Crippen LogP contribution in [0.25, 0.3) is 0 Å². The summed E-state index contributed by atoms with van der Waals surface area (Å²) < 4.78 is 6.10. The maximum Gasteiger partial charge on any atom is 0.142 e. The lowest BCUT2D eigenvalue weighted by molar-refractivity contribution is 0.445. The normalized spacial score (nSPS) is 10.8. The lowest BCUT2D eigenvalue weighted by atomic mass is 10.1. The summed E-state index contributed by atoms with van der Waals surface area (Å²) in [5, 5.41) is 32.0. The molecule has 0 fully saturated rings. The molecule has 0 saturated heterocycles. The minimum atomic E-state index is 0.129. The van der Waals surface area contributed by atoms with Crippen LogP contribution < -0.4 is 9.64 Å². The molecule has 0 bridgehead atoms. The van der Waals surface area contributed by atoms with Gasteiger partial charge >= 0.3 is 0 Å². The SMILES string of the molecule is Cc1cccc(N(c2cccc(Oc3ccc(C)c(O)c3C)c2)c2cccc(C)c2O)c1O. The Kier molecular flexibility index (Phi) is 5.88. The fraction of sp³-hybridized carbons (Fsp3) is 0.143. The van der Waals surface area contributed by atoms with Crippen LogP contribution in [0.4, 0.5) is 17.1 Å². The number of ether oxygens (including phenoxy) is 1. The number of hydrogen-bond acceptors (Lipinski definition) is 5. The molecule has 4 aromatic rings. The van der Waals surface area contributed by atoms with E-state index in [4.69, 9.17) is 4.74 Å². The molecule has 33 heavy (non-hydrogen) atoms. The monoisotopic (exact) mass is 441 g/mol. The quantitative estimate of drug-likeness (QED) is 0.303. The van der Waals surface area contributed by atoms with E-state index in [2.05, 4.69) is 0 Å². The van der Waals surface area contributed by atoms with Crippen molar-refractivity contribution in [2.45, 2.75) is 27.7 Å². The third kappa shape index (κ3) is 4.17. The number of benzene rings is 4. The van der Waals surface area contributed by atoms with E-state index < -0.39 is 0 Å². The van der Waals surface area contributed by atoms with Gasteiger partial charge < -0.3 is 25.0 Å². The summed E-state index contributed by atoms with van der Waals surface area (Å²) in [6, 6.07) is 22.0. The Morgan fingerprint density at radius 3 is 1.76 bits per heavy atom. The first-order valence-electron chi connectivity index (χ1n) is 10.7. The van der Waals surface area contributed by atoms with Crippen molar-refractivity contribution in [1.82, 2.24) is 0 Å². The second-order valence-electron chi connectivity index (χ2n) is 8.17. The molecular weight excluding hydrogens is 414 g/mol. The van der Waals surface area contributed by atoms with Crippen LogP contribution in [0.5, 0.6) is 28.7 Å². The van der Waals surface area contributed by atoms with Gasteiger partial charge in [0.25, 0.3) is 0 Å². The first-order chi connectivity index (χ1) is 15.8. The lowest BCUT2D eigenvalue weighted by Gasteiger charge is -2.28. The number of anilines is 3. The van der Waals surface area contributed by atoms with Gasteiger partial charge in [-0.1, -0.05) is 36.4 Å². The molecule has 4 rings (SSSR count). The van der Waals surface area contributed by atoms with Crippen LogP contribution in [-0.4, -0.2) is 15.3 Å². The average Bonchev–Trinajstić information content (AvgIpc) is 2.80. The van der Waals surface area contributed by atoms with Crippen LogP contribution in [0.15, 0.2) is 72.8 Å². The molecule has 5 nitrogen and oxygen atoms in total. The number of aromatic hydroxyl groups is 3. The Hall–Kier alpha value is -4.12. The Morgan fingerprint density at radius 2 is 1.15 bits per heavy atom. The zero-order chi connectivity index (χ0) is 23.7. The van der Waals surface area contributed by atoms with Crippen LogP contribution in [0.1, 0.15) is 22.3 Å². The van der Waals surface area contributed by atoms with Crippen molar-refractivity contribution in [1.29, 1.82) is 0 Å². The molecule has 4 aromatic carbocycles. The van der Waals surface area contributed by atoms with Gasteiger partial charge in [-0.25, -0.2) is 0 Å². The minimum absolute atomic E-state index is 0.129. The topological polar surface area (TPSA) is 73.2 Å². The van der Waals surface area contributed by atoms with Crippen molar-refractivity contribution in [3.8, 4) is 28.7 Å². The molecule has 0 spiro atoms. The number of hydrogen-bond donors (Lipinski definition) is 3. The van der Waals surface area contributed by atoms with Gasteiger partial charge in [-0.15, -0.1) is 0 Å². The Balaban J connectivity index is 1.84. The van der Waals surface area contributed by atoms with Crippen LogP contribution in [0.2, 0.25) is 0 Å². The molecule has 0 heterocycles. The molecular formula is C28H27NO4. The first kappa shape index (κ1) is 22.1. The van der Waals surface area contributed by atoms with E-state index in [-0.39, 0.29) is 17.2 Å². The molecule has 0 aliphatic heterocycles. The van der Waals surface area contributed by atoms with Gasteiger partial charge in [0.15, 0.2) is 0 Å². The van der Waals surface area contributed by atoms with E-state index in [1.54, 1.807) is 17.0 Å². The second kappa shape index (κ2) is 8.79. The van der Waals surface area contributed by atoms with Crippen molar-refractivity contribution in [2.75, 3.05) is 4.90 Å². The van der Waals surface area contributed by atoms with E-state index in [9.17, 15) is 15.3 Å². The lowest BCUT2D eigenvalue weighted by Crippen LogP contribution is -2.11. The number of nitrogens with zero attached hydrogens (tertiary/aromatic N) is 1. The van der Waals surface area contributed by atoms with E-state index in [1.165, 1.54) is 0 Å². The fourth-order valence-electron chi connectivity index (χ4n) is 3.80. The van der Waals surface area contributed by atoms with Gasteiger partial charge in [0.05, 0.1) is 17.1 Å². The summed E-state index contributed by atoms with van der Waals surface area (Å²) >= 11 is 0. The highest BCUT2D eigenvalue weighted by Crippen LogP contribution is 2.46. The number of phenols is 3. The number of rotatable bonds is 5. The van der Waals surface area contributed by atoms with E-state index in [0.717, 1.165) is 16.7 Å². The predicted molar refractivity (Wildman–Crippen MR) is 132 cm³/mol. The third-order valence-corrected chi connectivity index (χ3v) is 5.80. The van der Waals surface area contributed by atoms with Crippen LogP contribution in [0, 0.1) is 27.7 Å². The Bertz CT molecular complexity index is 1280. The highest BCUT2D eigenvalue weighted by atomic mass is 16.5. The van der Waals surface area contributed by atoms with Crippen molar-refractivity contribution in [3.05, 3.63) is 95.1 Å². The zero-order valence-corrected chi connectivity index (χ0v) is 19.1. The van der Waals surface area contributed by atoms with Gasteiger partial charge in [0.2, 0.25) is 0 Å². The third-order valence-electron chi connectivity index (χ3n) is 5.80. The van der Waals surface area contributed by atoms with Crippen molar-refractivity contribution >= 4 is 17.1 Å². The molecule has 0 aromatic heterocycles. The molecule has 0 atom stereocenters.